The Morgan fingerprint density at radius 1 is 0.831 bits per heavy atom. The number of amides is 2. The van der Waals surface area contributed by atoms with Gasteiger partial charge in [0.15, 0.2) is 0 Å². The maximum Gasteiger partial charge on any atom is 0.490 e. The van der Waals surface area contributed by atoms with Crippen molar-refractivity contribution in [3.05, 3.63) is 63.3 Å². The number of sulfonamides is 1. The first-order valence-electron chi connectivity index (χ1n) is 20.9. The molecule has 0 radical (unpaired) electrons. The Kier molecular flexibility index (Phi) is 22.6. The number of unbranched alkanes of at least 4 members (excludes halogenated alkanes) is 1. The molecule has 1 aliphatic heterocycles. The number of aromatic nitrogens is 1. The number of carbonyl (C=O) groups excluding carboxylic acids is 2. The van der Waals surface area contributed by atoms with Crippen molar-refractivity contribution in [2.45, 2.75) is 100 Å². The SMILES string of the molecule is Cc1cc(C)c2cccc(OCc3c(Cl)ccc(S(=O)(=O)NC4(C(=O)N5CCN(C(=O)[C@@H](N)CCCCN(C)C)CC5)CCCC4)c3Cl)c2n1.O=C(O)C(F)(F)F.O=C(O)C(F)(F)F.O=C(O)C(F)(F)F. The summed E-state index contributed by atoms with van der Waals surface area (Å²) in [4.78, 5) is 63.7. The quantitative estimate of drug-likeness (QED) is 0.0858. The number of nitrogens with zero attached hydrogens (tertiary/aromatic N) is 4. The standard InChI is InChI=1S/C36H48Cl2N6O5S.3C2HF3O2/c1-24-22-25(2)40-33-26(24)10-9-12-30(33)49-23-27-28(37)13-14-31(32(27)38)50(47,48)41-36(15-6-7-16-36)35(46)44-20-18-43(19-21-44)34(45)29(39)11-5-8-17-42(3)4;3*3-2(4,5)1(6)7/h9-10,12-14,22,29,41H,5-8,11,15-21,23,39H2,1-4H3;3*(H,6,7)/t29-;;;/m0.../s1. The molecule has 3 aromatic rings. The van der Waals surface area contributed by atoms with Crippen LogP contribution < -0.4 is 15.2 Å². The first-order chi connectivity index (χ1) is 32.5. The van der Waals surface area contributed by atoms with Gasteiger partial charge in [0.2, 0.25) is 21.8 Å². The Balaban J connectivity index is 0.000000685. The number of carboxylic acids is 3. The van der Waals surface area contributed by atoms with E-state index in [1.54, 1.807) is 15.9 Å². The van der Waals surface area contributed by atoms with Crippen LogP contribution in [-0.2, 0) is 40.6 Å². The summed E-state index contributed by atoms with van der Waals surface area (Å²) in [6.45, 7) is 6.04. The number of nitrogens with one attached hydrogen (secondary N) is 1. The molecule has 5 rings (SSSR count). The van der Waals surface area contributed by atoms with E-state index < -0.39 is 58.0 Å². The van der Waals surface area contributed by atoms with Gasteiger partial charge in [0.1, 0.15) is 28.3 Å². The van der Waals surface area contributed by atoms with Crippen LogP contribution >= 0.6 is 23.2 Å². The van der Waals surface area contributed by atoms with Crippen molar-refractivity contribution >= 4 is 73.9 Å². The van der Waals surface area contributed by atoms with Gasteiger partial charge in [0.25, 0.3) is 0 Å². The molecular formula is C42H51Cl2F9N6O11S. The molecule has 6 N–H and O–H groups in total. The Morgan fingerprint density at radius 3 is 1.80 bits per heavy atom. The van der Waals surface area contributed by atoms with Crippen LogP contribution in [0.15, 0.2) is 41.3 Å². The third-order valence-electron chi connectivity index (χ3n) is 10.4. The highest BCUT2D eigenvalue weighted by atomic mass is 35.5. The minimum absolute atomic E-state index is 0.0728. The van der Waals surface area contributed by atoms with Gasteiger partial charge in [0.05, 0.1) is 11.1 Å². The lowest BCUT2D eigenvalue weighted by atomic mass is 9.96. The third-order valence-corrected chi connectivity index (χ3v) is 12.9. The van der Waals surface area contributed by atoms with Gasteiger partial charge in [-0.15, -0.1) is 0 Å². The number of rotatable bonds is 13. The number of hydrogen-bond donors (Lipinski definition) is 5. The molecule has 2 aliphatic rings. The van der Waals surface area contributed by atoms with Gasteiger partial charge in [-0.3, -0.25) is 9.59 Å². The Hall–Kier alpha value is -5.22. The molecule has 2 aromatic carbocycles. The van der Waals surface area contributed by atoms with Gasteiger partial charge in [-0.25, -0.2) is 27.8 Å². The van der Waals surface area contributed by atoms with Crippen molar-refractivity contribution in [3.8, 4) is 5.75 Å². The molecule has 0 bridgehead atoms. The largest absolute Gasteiger partial charge is 0.490 e. The van der Waals surface area contributed by atoms with Crippen LogP contribution in [-0.4, -0.2) is 150 Å². The number of fused-ring (bicyclic) bond motifs is 1. The molecule has 2 fully saturated rings. The van der Waals surface area contributed by atoms with E-state index in [0.29, 0.717) is 75.1 Å². The summed E-state index contributed by atoms with van der Waals surface area (Å²) in [6.07, 6.45) is -10.7. The number of benzene rings is 2. The van der Waals surface area contributed by atoms with E-state index in [2.05, 4.69) is 14.6 Å². The van der Waals surface area contributed by atoms with Crippen LogP contribution in [0.5, 0.6) is 5.75 Å². The second kappa shape index (κ2) is 25.9. The van der Waals surface area contributed by atoms with Crippen LogP contribution in [0.3, 0.4) is 0 Å². The number of hydrogen-bond acceptors (Lipinski definition) is 11. The molecule has 2 heterocycles. The molecular weight excluding hydrogens is 1040 g/mol. The zero-order valence-electron chi connectivity index (χ0n) is 38.3. The molecule has 2 amide bonds. The molecule has 1 saturated carbocycles. The second-order valence-electron chi connectivity index (χ2n) is 16.2. The lowest BCUT2D eigenvalue weighted by molar-refractivity contribution is -0.193. The molecule has 1 saturated heterocycles. The fourth-order valence-electron chi connectivity index (χ4n) is 6.97. The monoisotopic (exact) mass is 1090 g/mol. The lowest BCUT2D eigenvalue weighted by Gasteiger charge is -2.40. The van der Waals surface area contributed by atoms with Gasteiger partial charge in [-0.1, -0.05) is 54.6 Å². The molecule has 0 unspecified atom stereocenters. The summed E-state index contributed by atoms with van der Waals surface area (Å²) in [5.41, 5.74) is 7.80. The Morgan fingerprint density at radius 2 is 1.32 bits per heavy atom. The smallest absolute Gasteiger partial charge is 0.487 e. The predicted octanol–water partition coefficient (Wildman–Crippen LogP) is 6.96. The number of carboxylic acid groups (broad SMARTS) is 3. The number of ether oxygens (including phenoxy) is 1. The van der Waals surface area contributed by atoms with Crippen molar-refractivity contribution < 1.29 is 92.0 Å². The fraction of sp³-hybridized carbons (Fsp3) is 0.524. The van der Waals surface area contributed by atoms with Crippen LogP contribution in [0.1, 0.15) is 61.8 Å². The average Bonchev–Trinajstić information content (AvgIpc) is 3.73. The second-order valence-corrected chi connectivity index (χ2v) is 18.6. The number of aliphatic carboxylic acids is 3. The highest BCUT2D eigenvalue weighted by Crippen LogP contribution is 2.37. The maximum atomic E-state index is 14.1. The van der Waals surface area contributed by atoms with Gasteiger partial charge in [0, 0.05) is 47.8 Å². The van der Waals surface area contributed by atoms with Gasteiger partial charge in [-0.05, 0) is 90.0 Å². The highest BCUT2D eigenvalue weighted by Gasteiger charge is 2.48. The topological polar surface area (TPSA) is 250 Å². The summed E-state index contributed by atoms with van der Waals surface area (Å²) < 4.78 is 132. The number of pyridine rings is 1. The number of halogens is 11. The van der Waals surface area contributed by atoms with Crippen molar-refractivity contribution in [2.24, 2.45) is 5.73 Å². The number of nitrogens with two attached hydrogens (primary N) is 1. The van der Waals surface area contributed by atoms with Crippen molar-refractivity contribution in [1.29, 1.82) is 0 Å². The maximum absolute atomic E-state index is 14.1. The number of piperazine rings is 1. The van der Waals surface area contributed by atoms with E-state index in [0.717, 1.165) is 36.0 Å². The zero-order chi connectivity index (χ0) is 54.4. The number of carbonyl (C=O) groups is 5. The van der Waals surface area contributed by atoms with Crippen LogP contribution in [0.2, 0.25) is 10.0 Å². The molecule has 1 aromatic heterocycles. The van der Waals surface area contributed by atoms with Crippen LogP contribution in [0.25, 0.3) is 10.9 Å². The number of aryl methyl sites for hydroxylation is 2. The molecule has 17 nitrogen and oxygen atoms in total. The highest BCUT2D eigenvalue weighted by molar-refractivity contribution is 7.89. The molecule has 1 aliphatic carbocycles. The Labute approximate surface area is 411 Å². The van der Waals surface area contributed by atoms with Crippen LogP contribution in [0, 0.1) is 13.8 Å². The predicted molar refractivity (Wildman–Crippen MR) is 238 cm³/mol. The van der Waals surface area contributed by atoms with Gasteiger partial charge >= 0.3 is 36.4 Å². The summed E-state index contributed by atoms with van der Waals surface area (Å²) in [6, 6.07) is 9.88. The van der Waals surface area contributed by atoms with E-state index in [4.69, 9.17) is 63.4 Å². The minimum atomic E-state index is -5.08. The third kappa shape index (κ3) is 18.7. The first kappa shape index (κ1) is 61.9. The minimum Gasteiger partial charge on any atom is -0.487 e. The van der Waals surface area contributed by atoms with E-state index in [9.17, 15) is 57.5 Å². The van der Waals surface area contributed by atoms with Gasteiger partial charge in [-0.2, -0.15) is 44.2 Å². The van der Waals surface area contributed by atoms with E-state index in [1.807, 2.05) is 46.1 Å². The number of alkyl halides is 9. The molecule has 0 spiro atoms. The normalized spacial score (nSPS) is 15.3. The Bertz CT molecular complexity index is 2410. The van der Waals surface area contributed by atoms with Crippen LogP contribution in [0.4, 0.5) is 39.5 Å². The average molecular weight is 1090 g/mol. The lowest BCUT2D eigenvalue weighted by Crippen LogP contribution is -2.62. The molecule has 1 atom stereocenters. The van der Waals surface area contributed by atoms with E-state index in [1.165, 1.54) is 12.1 Å². The van der Waals surface area contributed by atoms with Crippen molar-refractivity contribution in [1.82, 2.24) is 24.4 Å². The zero-order valence-corrected chi connectivity index (χ0v) is 40.6. The number of para-hydroxylation sites is 1. The summed E-state index contributed by atoms with van der Waals surface area (Å²) >= 11 is 13.3. The summed E-state index contributed by atoms with van der Waals surface area (Å²) in [5.74, 6) is -8.15. The van der Waals surface area contributed by atoms with Crippen molar-refractivity contribution in [2.75, 3.05) is 46.8 Å². The van der Waals surface area contributed by atoms with Gasteiger partial charge < -0.3 is 40.5 Å². The summed E-state index contributed by atoms with van der Waals surface area (Å²) in [7, 11) is -0.250. The van der Waals surface area contributed by atoms with E-state index in [-0.39, 0.29) is 33.4 Å². The molecule has 398 valence electrons. The van der Waals surface area contributed by atoms with E-state index >= 15 is 0 Å². The van der Waals surface area contributed by atoms with Crippen molar-refractivity contribution in [3.63, 3.8) is 0 Å². The fourth-order valence-corrected chi connectivity index (χ4v) is 9.28. The summed E-state index contributed by atoms with van der Waals surface area (Å²) in [5, 5.41) is 22.5. The molecule has 71 heavy (non-hydrogen) atoms. The first-order valence-corrected chi connectivity index (χ1v) is 23.2. The molecule has 29 heteroatoms.